The van der Waals surface area contributed by atoms with E-state index in [4.69, 9.17) is 15.3 Å². The van der Waals surface area contributed by atoms with Crippen LogP contribution in [0.2, 0.25) is 0 Å². The average Bonchev–Trinajstić information content (AvgIpc) is 3.20. The monoisotopic (exact) mass is 894 g/mol. The molecule has 0 saturated heterocycles. The number of rotatable bonds is 10. The number of hydrogen-bond donors (Lipinski definition) is 4. The van der Waals surface area contributed by atoms with Gasteiger partial charge in [-0.25, -0.2) is 14.4 Å². The molecule has 0 radical (unpaired) electrons. The van der Waals surface area contributed by atoms with Crippen LogP contribution in [0.4, 0.5) is 0 Å². The molecular formula is C50H55BrO6S2. The lowest BCUT2D eigenvalue weighted by molar-refractivity contribution is 0.0685. The highest BCUT2D eigenvalue weighted by Crippen LogP contribution is 2.26. The third-order valence-electron chi connectivity index (χ3n) is 9.08. The van der Waals surface area contributed by atoms with E-state index >= 15 is 0 Å². The molecule has 0 amide bonds. The van der Waals surface area contributed by atoms with E-state index in [0.717, 1.165) is 34.4 Å². The van der Waals surface area contributed by atoms with Gasteiger partial charge in [0.15, 0.2) is 0 Å². The number of alkyl halides is 1. The molecule has 0 bridgehead atoms. The van der Waals surface area contributed by atoms with Gasteiger partial charge in [0.05, 0.1) is 16.7 Å². The fourth-order valence-corrected chi connectivity index (χ4v) is 7.47. The summed E-state index contributed by atoms with van der Waals surface area (Å²) in [6, 6.07) is 40.1. The van der Waals surface area contributed by atoms with Crippen molar-refractivity contribution < 1.29 is 29.7 Å². The van der Waals surface area contributed by atoms with Crippen molar-refractivity contribution in [2.24, 2.45) is 0 Å². The molecule has 6 aromatic carbocycles. The van der Waals surface area contributed by atoms with E-state index in [-0.39, 0.29) is 13.0 Å². The second-order valence-electron chi connectivity index (χ2n) is 13.9. The lowest BCUT2D eigenvalue weighted by atomic mass is 9.98. The first kappa shape index (κ1) is 50.1. The zero-order chi connectivity index (χ0) is 42.8. The van der Waals surface area contributed by atoms with Gasteiger partial charge < -0.3 is 15.3 Å². The van der Waals surface area contributed by atoms with Crippen LogP contribution in [0.1, 0.15) is 94.1 Å². The topological polar surface area (TPSA) is 112 Å². The first-order chi connectivity index (χ1) is 27.6. The molecule has 6 rings (SSSR count). The molecule has 6 nitrogen and oxygen atoms in total. The Morgan fingerprint density at radius 1 is 0.525 bits per heavy atom. The number of aromatic carboxylic acids is 3. The van der Waals surface area contributed by atoms with Gasteiger partial charge in [-0.15, -0.1) is 24.4 Å². The van der Waals surface area contributed by atoms with Gasteiger partial charge in [0.25, 0.3) is 0 Å². The van der Waals surface area contributed by atoms with Crippen molar-refractivity contribution in [1.82, 2.24) is 0 Å². The number of carboxylic acids is 3. The van der Waals surface area contributed by atoms with Crippen molar-refractivity contribution in [1.29, 1.82) is 0 Å². The fraction of sp³-hybridized carbons (Fsp3) is 0.220. The molecule has 0 saturated carbocycles. The Morgan fingerprint density at radius 3 is 1.46 bits per heavy atom. The Morgan fingerprint density at radius 2 is 0.966 bits per heavy atom. The van der Waals surface area contributed by atoms with E-state index in [1.165, 1.54) is 62.2 Å². The standard InChI is InChI=1S/C17H18O2.C16H16O2S.C9H11Br.C7H6O2S.CH4/c1-12-6-7-13(2)15(10-12)9-8-14-4-3-5-16(11-14)17(18)19;1-11-6-7-12(2)14(8-11)10-19-15-5-3-4-13(9-15)16(17)18;1-7-3-4-8(2)9(5-7)6-10;8-7(9)5-2-1-3-6(10)4-5;/h3-7,10-11H,8-9H2,1-2H3,(H,18,19);3-9H,10H2,1-2H3,(H,17,18);3-5H,6H2,1-2H3;1-4,10H,(H,8,9);1H4. The molecule has 310 valence electrons. The van der Waals surface area contributed by atoms with E-state index in [1.54, 1.807) is 54.2 Å². The molecule has 0 aliphatic rings. The third-order valence-corrected chi connectivity index (χ3v) is 11.0. The average molecular weight is 896 g/mol. The van der Waals surface area contributed by atoms with Gasteiger partial charge in [-0.05, 0) is 142 Å². The lowest BCUT2D eigenvalue weighted by Gasteiger charge is -2.07. The van der Waals surface area contributed by atoms with Gasteiger partial charge in [0.2, 0.25) is 0 Å². The summed E-state index contributed by atoms with van der Waals surface area (Å²) in [5, 5.41) is 27.4. The van der Waals surface area contributed by atoms with Crippen molar-refractivity contribution in [3.63, 3.8) is 0 Å². The number of benzene rings is 6. The van der Waals surface area contributed by atoms with E-state index < -0.39 is 17.9 Å². The van der Waals surface area contributed by atoms with Crippen LogP contribution in [0, 0.1) is 41.5 Å². The molecule has 0 unspecified atom stereocenters. The maximum Gasteiger partial charge on any atom is 0.335 e. The van der Waals surface area contributed by atoms with Gasteiger partial charge in [-0.1, -0.05) is 119 Å². The molecule has 59 heavy (non-hydrogen) atoms. The van der Waals surface area contributed by atoms with Crippen molar-refractivity contribution >= 4 is 58.2 Å². The zero-order valence-corrected chi connectivity index (χ0v) is 37.0. The maximum atomic E-state index is 10.9. The van der Waals surface area contributed by atoms with Crippen LogP contribution in [0.25, 0.3) is 0 Å². The van der Waals surface area contributed by atoms with Crippen LogP contribution in [0.3, 0.4) is 0 Å². The van der Waals surface area contributed by atoms with Gasteiger partial charge in [0.1, 0.15) is 0 Å². The Bertz CT molecular complexity index is 2210. The Labute approximate surface area is 368 Å². The maximum absolute atomic E-state index is 10.9. The summed E-state index contributed by atoms with van der Waals surface area (Å²) in [5.74, 6) is -1.81. The molecule has 0 spiro atoms. The first-order valence-electron chi connectivity index (χ1n) is 18.6. The van der Waals surface area contributed by atoms with Crippen molar-refractivity contribution in [2.45, 2.75) is 82.7 Å². The number of halogens is 1. The Balaban J connectivity index is 0.000000282. The van der Waals surface area contributed by atoms with E-state index in [1.807, 2.05) is 18.2 Å². The largest absolute Gasteiger partial charge is 0.478 e. The third kappa shape index (κ3) is 17.7. The SMILES string of the molecule is C.Cc1ccc(C)c(CBr)c1.Cc1ccc(C)c(CCc2cccc(C(=O)O)c2)c1.Cc1ccc(C)c(CSc2cccc(C(=O)O)c2)c1.O=C(O)c1cccc(S)c1. The number of aryl methyl sites for hydroxylation is 8. The molecule has 0 aromatic heterocycles. The summed E-state index contributed by atoms with van der Waals surface area (Å²) in [6.45, 7) is 12.6. The highest BCUT2D eigenvalue weighted by Gasteiger charge is 2.07. The highest BCUT2D eigenvalue weighted by atomic mass is 79.9. The number of thioether (sulfide) groups is 1. The van der Waals surface area contributed by atoms with E-state index in [9.17, 15) is 14.4 Å². The van der Waals surface area contributed by atoms with Gasteiger partial charge in [-0.2, -0.15) is 0 Å². The summed E-state index contributed by atoms with van der Waals surface area (Å²) in [7, 11) is 0. The minimum Gasteiger partial charge on any atom is -0.478 e. The van der Waals surface area contributed by atoms with Crippen LogP contribution in [0.5, 0.6) is 0 Å². The van der Waals surface area contributed by atoms with Crippen molar-refractivity contribution in [2.75, 3.05) is 0 Å². The molecule has 0 aliphatic carbocycles. The molecule has 9 heteroatoms. The van der Waals surface area contributed by atoms with Crippen LogP contribution < -0.4 is 0 Å². The van der Waals surface area contributed by atoms with Crippen LogP contribution >= 0.6 is 40.3 Å². The summed E-state index contributed by atoms with van der Waals surface area (Å²) in [5.41, 5.74) is 13.8. The molecule has 6 aromatic rings. The minimum absolute atomic E-state index is 0. The smallest absolute Gasteiger partial charge is 0.335 e. The van der Waals surface area contributed by atoms with Crippen molar-refractivity contribution in [3.05, 3.63) is 200 Å². The number of hydrogen-bond acceptors (Lipinski definition) is 5. The quantitative estimate of drug-likeness (QED) is 0.0615. The van der Waals surface area contributed by atoms with Gasteiger partial charge in [0, 0.05) is 20.9 Å². The number of carbonyl (C=O) groups is 3. The molecule has 0 fully saturated rings. The number of carboxylic acid groups (broad SMARTS) is 3. The predicted molar refractivity (Wildman–Crippen MR) is 252 cm³/mol. The van der Waals surface area contributed by atoms with Gasteiger partial charge >= 0.3 is 17.9 Å². The molecule has 0 aliphatic heterocycles. The molecule has 3 N–H and O–H groups in total. The predicted octanol–water partition coefficient (Wildman–Crippen LogP) is 13.6. The van der Waals surface area contributed by atoms with E-state index in [0.29, 0.717) is 16.0 Å². The minimum atomic E-state index is -0.920. The van der Waals surface area contributed by atoms with Crippen LogP contribution in [-0.4, -0.2) is 33.2 Å². The summed E-state index contributed by atoms with van der Waals surface area (Å²) < 4.78 is 0. The molecule has 0 heterocycles. The summed E-state index contributed by atoms with van der Waals surface area (Å²) in [4.78, 5) is 33.8. The molecule has 0 atom stereocenters. The summed E-state index contributed by atoms with van der Waals surface area (Å²) in [6.07, 6.45) is 1.81. The lowest BCUT2D eigenvalue weighted by Crippen LogP contribution is -1.99. The second kappa shape index (κ2) is 25.4. The van der Waals surface area contributed by atoms with Crippen molar-refractivity contribution in [3.8, 4) is 0 Å². The van der Waals surface area contributed by atoms with Crippen LogP contribution in [0.15, 0.2) is 137 Å². The number of thiol groups is 1. The Kier molecular flexibility index (Phi) is 21.6. The van der Waals surface area contributed by atoms with Gasteiger partial charge in [-0.3, -0.25) is 0 Å². The Hall–Kier alpha value is -5.09. The van der Waals surface area contributed by atoms with E-state index in [2.05, 4.69) is 125 Å². The summed E-state index contributed by atoms with van der Waals surface area (Å²) >= 11 is 9.09. The zero-order valence-electron chi connectivity index (χ0n) is 33.8. The molecular weight excluding hydrogens is 841 g/mol. The highest BCUT2D eigenvalue weighted by molar-refractivity contribution is 9.08. The fourth-order valence-electron chi connectivity index (χ4n) is 5.63. The first-order valence-corrected chi connectivity index (χ1v) is 21.2. The second-order valence-corrected chi connectivity index (χ2v) is 16.0. The normalized spacial score (nSPS) is 9.97. The van der Waals surface area contributed by atoms with Crippen LogP contribution in [-0.2, 0) is 23.9 Å².